The van der Waals surface area contributed by atoms with Crippen molar-refractivity contribution in [1.82, 2.24) is 24.8 Å². The van der Waals surface area contributed by atoms with Crippen LogP contribution in [0.25, 0.3) is 11.0 Å². The largest absolute Gasteiger partial charge is 0.493 e. The van der Waals surface area contributed by atoms with E-state index in [4.69, 9.17) is 44.1 Å². The summed E-state index contributed by atoms with van der Waals surface area (Å²) in [6, 6.07) is 20.3. The normalized spacial score (nSPS) is 25.0. The number of nitrogens with two attached hydrogens (primary N) is 1. The van der Waals surface area contributed by atoms with Crippen LogP contribution in [0.15, 0.2) is 88.9 Å². The lowest BCUT2D eigenvalue weighted by atomic mass is 9.59. The molecule has 8 aliphatic rings. The number of benzene rings is 3. The molecule has 1 spiro atoms. The summed E-state index contributed by atoms with van der Waals surface area (Å²) in [5, 5.41) is 17.5. The molecule has 88 heavy (non-hydrogen) atoms. The van der Waals surface area contributed by atoms with Crippen molar-refractivity contribution >= 4 is 61.0 Å². The van der Waals surface area contributed by atoms with Gasteiger partial charge in [0.15, 0.2) is 23.0 Å². The summed E-state index contributed by atoms with van der Waals surface area (Å²) in [4.78, 5) is 51.0. The van der Waals surface area contributed by atoms with Crippen LogP contribution < -0.4 is 40.0 Å². The molecule has 3 aromatic heterocycles. The zero-order valence-electron chi connectivity index (χ0n) is 50.7. The summed E-state index contributed by atoms with van der Waals surface area (Å²) in [6.45, 7) is 16.3. The second-order valence-electron chi connectivity index (χ2n) is 26.1. The first-order valence-corrected chi connectivity index (χ1v) is 32.7. The molecule has 4 N–H and O–H groups in total. The van der Waals surface area contributed by atoms with Crippen molar-refractivity contribution in [1.29, 1.82) is 0 Å². The number of H-pyrrole nitrogens is 1. The molecule has 22 nitrogen and oxygen atoms in total. The molecule has 1 amide bonds. The number of primary amides is 1. The van der Waals surface area contributed by atoms with Gasteiger partial charge in [-0.25, -0.2) is 13.4 Å². The van der Waals surface area contributed by atoms with Gasteiger partial charge in [0.05, 0.1) is 71.8 Å². The van der Waals surface area contributed by atoms with Gasteiger partial charge in [-0.05, 0) is 131 Å². The van der Waals surface area contributed by atoms with Crippen LogP contribution in [0.5, 0.6) is 17.4 Å². The van der Waals surface area contributed by atoms with E-state index in [0.717, 1.165) is 99.8 Å². The van der Waals surface area contributed by atoms with Crippen molar-refractivity contribution in [2.24, 2.45) is 17.1 Å². The highest BCUT2D eigenvalue weighted by atomic mass is 32.2. The van der Waals surface area contributed by atoms with Crippen LogP contribution in [0, 0.1) is 28.4 Å². The number of hydrogen-bond donors (Lipinski definition) is 3. The lowest BCUT2D eigenvalue weighted by Gasteiger charge is -2.58. The number of aromatic nitrogens is 3. The number of carbonyl (C=O) groups is 1. The minimum Gasteiger partial charge on any atom is -0.493 e. The Balaban J connectivity index is 0.794. The minimum absolute atomic E-state index is 0.0103. The standard InChI is InChI=1S/C65H79N11O11S/c1-39-8-6-7-9-46(39)52-36-71(35-41-28-54(82-5)62(68-34-41)73-23-27-85-37-40(73)2)21-22-74(52)44-32-65(33-44)16-19-72(20-17-65)49-11-10-47(60(66)77)57(75-48-15-26-84-38-55(48)86-63-51(75)29-43-12-18-67-61(43)70-63)58(49)88(80,81)45-30-50(76(78)79)56-53(31-45)87-64(3,4)59(69-56)42-13-24-83-25-14-42/h6-12,18,28-31,34,40,42,44,48,52,55,59,69H,13-17,19-27,32-33,35-38H2,1-5H3,(H2,66,77)(H,67,70)/t40-,48-,52-,55-,59+/m0/s1. The Morgan fingerprint density at radius 1 is 0.920 bits per heavy atom. The van der Waals surface area contributed by atoms with Gasteiger partial charge in [-0.3, -0.25) is 24.7 Å². The Morgan fingerprint density at radius 3 is 2.47 bits per heavy atom. The van der Waals surface area contributed by atoms with Crippen LogP contribution in [0.2, 0.25) is 0 Å². The smallest absolute Gasteiger partial charge is 0.297 e. The van der Waals surface area contributed by atoms with E-state index in [1.807, 2.05) is 37.1 Å². The van der Waals surface area contributed by atoms with E-state index in [1.165, 1.54) is 17.2 Å². The quantitative estimate of drug-likeness (QED) is 0.0723. The summed E-state index contributed by atoms with van der Waals surface area (Å²) >= 11 is 0. The minimum atomic E-state index is -4.85. The monoisotopic (exact) mass is 1220 g/mol. The molecule has 7 aliphatic heterocycles. The number of piperidine rings is 1. The number of pyridine rings is 2. The van der Waals surface area contributed by atoms with Gasteiger partial charge in [-0.15, -0.1) is 0 Å². The molecule has 10 heterocycles. The molecule has 1 aliphatic carbocycles. The first kappa shape index (κ1) is 58.4. The molecule has 5 saturated heterocycles. The molecule has 14 rings (SSSR count). The van der Waals surface area contributed by atoms with Gasteiger partial charge in [-0.1, -0.05) is 24.3 Å². The molecule has 0 bridgehead atoms. The van der Waals surface area contributed by atoms with E-state index >= 15 is 8.42 Å². The van der Waals surface area contributed by atoms with Crippen LogP contribution in [-0.2, 0) is 30.6 Å². The maximum atomic E-state index is 16.5. The van der Waals surface area contributed by atoms with Crippen LogP contribution in [0.3, 0.4) is 0 Å². The van der Waals surface area contributed by atoms with E-state index < -0.39 is 44.1 Å². The third-order valence-electron chi connectivity index (χ3n) is 20.4. The van der Waals surface area contributed by atoms with Crippen molar-refractivity contribution < 1.29 is 46.6 Å². The average molecular weight is 1220 g/mol. The number of methoxy groups -OCH3 is 1. The van der Waals surface area contributed by atoms with Gasteiger partial charge in [0.25, 0.3) is 11.6 Å². The number of nitrogens with one attached hydrogen (secondary N) is 2. The number of amides is 1. The van der Waals surface area contributed by atoms with Gasteiger partial charge in [0.2, 0.25) is 15.7 Å². The number of aryl methyl sites for hydroxylation is 1. The Kier molecular flexibility index (Phi) is 15.2. The Labute approximate surface area is 513 Å². The molecule has 6 fully saturated rings. The van der Waals surface area contributed by atoms with Gasteiger partial charge >= 0.3 is 0 Å². The number of aromatic amines is 1. The number of ether oxygens (including phenoxy) is 6. The highest BCUT2D eigenvalue weighted by molar-refractivity contribution is 7.91. The predicted molar refractivity (Wildman–Crippen MR) is 332 cm³/mol. The maximum absolute atomic E-state index is 16.5. The average Bonchev–Trinajstić information content (AvgIpc) is 1.72. The second-order valence-corrected chi connectivity index (χ2v) is 28.0. The van der Waals surface area contributed by atoms with Crippen molar-refractivity contribution in [3.05, 3.63) is 111 Å². The number of piperazine rings is 1. The molecule has 6 aromatic rings. The first-order valence-electron chi connectivity index (χ1n) is 31.2. The lowest BCUT2D eigenvalue weighted by molar-refractivity contribution is -0.384. The zero-order valence-corrected chi connectivity index (χ0v) is 51.6. The van der Waals surface area contributed by atoms with E-state index in [1.54, 1.807) is 25.4 Å². The number of nitrogens with zero attached hydrogens (tertiary/aromatic N) is 8. The SMILES string of the molecule is COc1cc(CN2CCN(C3CC4(CCN(c5ccc(C(N)=O)c(N6c7cc8cc[nH]c8nc7O[C@H]7COCC[C@@H]76)c5S(=O)(=O)c5cc6c(c([N+](=O)[O-])c5)N[C@H](C5CCOCC5)C(C)(C)O6)CC4)C3)[C@H](c3ccccc3C)C2)cnc1N1CCOC[C@@H]1C. The summed E-state index contributed by atoms with van der Waals surface area (Å²) in [5.74, 6) is 1.14. The molecular weight excluding hydrogens is 1140 g/mol. The summed E-state index contributed by atoms with van der Waals surface area (Å²) in [6.07, 6.45) is 8.61. The molecule has 23 heteroatoms. The predicted octanol–water partition coefficient (Wildman–Crippen LogP) is 8.71. The van der Waals surface area contributed by atoms with Crippen LogP contribution in [0.4, 0.5) is 34.3 Å². The first-order chi connectivity index (χ1) is 42.5. The summed E-state index contributed by atoms with van der Waals surface area (Å²) in [7, 11) is -3.13. The third-order valence-corrected chi connectivity index (χ3v) is 22.2. The highest BCUT2D eigenvalue weighted by Crippen LogP contribution is 2.56. The molecule has 1 saturated carbocycles. The number of nitro groups is 1. The number of morpholine rings is 1. The van der Waals surface area contributed by atoms with Crippen molar-refractivity contribution in [3.63, 3.8) is 0 Å². The number of hydrogen-bond acceptors (Lipinski definition) is 19. The van der Waals surface area contributed by atoms with Crippen molar-refractivity contribution in [2.45, 2.75) is 131 Å². The zero-order chi connectivity index (χ0) is 60.8. The number of anilines is 5. The van der Waals surface area contributed by atoms with Gasteiger partial charge in [0.1, 0.15) is 27.9 Å². The fourth-order valence-corrected chi connectivity index (χ4v) is 17.5. The van der Waals surface area contributed by atoms with Crippen molar-refractivity contribution in [3.8, 4) is 17.4 Å². The lowest BCUT2D eigenvalue weighted by Crippen LogP contribution is -2.60. The topological polar surface area (TPSA) is 246 Å². The van der Waals surface area contributed by atoms with Crippen LogP contribution >= 0.6 is 0 Å². The number of sulfone groups is 1. The fraction of sp³-hybridized carbons (Fsp3) is 0.523. The third kappa shape index (κ3) is 10.4. The molecule has 0 radical (unpaired) electrons. The van der Waals surface area contributed by atoms with E-state index in [-0.39, 0.29) is 74.4 Å². The van der Waals surface area contributed by atoms with Crippen LogP contribution in [0.1, 0.15) is 98.8 Å². The van der Waals surface area contributed by atoms with Gasteiger partial charge < -0.3 is 59.2 Å². The Hall–Kier alpha value is -7.28. The van der Waals surface area contributed by atoms with E-state index in [0.29, 0.717) is 75.6 Å². The van der Waals surface area contributed by atoms with Gasteiger partial charge in [-0.2, -0.15) is 4.98 Å². The molecule has 0 unspecified atom stereocenters. The Morgan fingerprint density at radius 2 is 1.70 bits per heavy atom. The maximum Gasteiger partial charge on any atom is 0.297 e. The van der Waals surface area contributed by atoms with Gasteiger partial charge in [0, 0.05) is 108 Å². The van der Waals surface area contributed by atoms with E-state index in [9.17, 15) is 14.9 Å². The number of rotatable bonds is 13. The molecular formula is C65H79N11O11S. The number of fused-ring (bicyclic) bond motifs is 4. The van der Waals surface area contributed by atoms with Crippen LogP contribution in [-0.4, -0.2) is 166 Å². The summed E-state index contributed by atoms with van der Waals surface area (Å²) in [5.41, 5.74) is 10.3. The van der Waals surface area contributed by atoms with E-state index in [2.05, 4.69) is 74.1 Å². The highest BCUT2D eigenvalue weighted by Gasteiger charge is 2.52. The number of carbonyl (C=O) groups excluding carboxylic acids is 1. The molecule has 5 atom stereocenters. The second kappa shape index (κ2) is 22.9. The summed E-state index contributed by atoms with van der Waals surface area (Å²) < 4.78 is 69.7. The fourth-order valence-electron chi connectivity index (χ4n) is 15.8. The number of nitro benzene ring substituents is 1. The molecule has 466 valence electrons. The Bertz CT molecular complexity index is 3780. The molecule has 3 aromatic carbocycles. The van der Waals surface area contributed by atoms with Crippen molar-refractivity contribution in [2.75, 3.05) is 106 Å².